The molecular weight excluding hydrogens is 458 g/mol. The largest absolute Gasteiger partial charge is 0.368 e. The quantitative estimate of drug-likeness (QED) is 0.493. The number of thiazole rings is 1. The number of primary amides is 1. The summed E-state index contributed by atoms with van der Waals surface area (Å²) in [6.07, 6.45) is 5.22. The fourth-order valence-electron chi connectivity index (χ4n) is 3.86. The Hall–Kier alpha value is -3.41. The van der Waals surface area contributed by atoms with Gasteiger partial charge in [0.2, 0.25) is 11.8 Å². The zero-order chi connectivity index (χ0) is 24.8. The first-order valence-corrected chi connectivity index (χ1v) is 11.9. The summed E-state index contributed by atoms with van der Waals surface area (Å²) in [4.78, 5) is 64.5. The van der Waals surface area contributed by atoms with E-state index in [-0.39, 0.29) is 42.2 Å². The van der Waals surface area contributed by atoms with E-state index < -0.39 is 29.8 Å². The molecule has 3 heterocycles. The highest BCUT2D eigenvalue weighted by molar-refractivity contribution is 7.09. The van der Waals surface area contributed by atoms with Crippen LogP contribution in [0.25, 0.3) is 0 Å². The van der Waals surface area contributed by atoms with Gasteiger partial charge in [0.15, 0.2) is 0 Å². The standard InChI is InChI=1S/C22H29N7O4S/c1-12(2)8-15(19(23)30)28-21(32)18-9-14(27-20(31)16-10-24-5-6-25-16)4-7-29(18)22(33)17-11-34-13(3)26-17/h5-6,10-12,14-15,18H,4,7-9H2,1-3H3,(H2,23,30)(H,27,31)(H,28,32). The molecule has 11 nitrogen and oxygen atoms in total. The number of likely N-dealkylation sites (tertiary alicyclic amines) is 1. The molecule has 3 unspecified atom stereocenters. The van der Waals surface area contributed by atoms with Crippen LogP contribution in [0.5, 0.6) is 0 Å². The Bertz CT molecular complexity index is 1040. The number of nitrogens with two attached hydrogens (primary N) is 1. The van der Waals surface area contributed by atoms with Crippen LogP contribution in [0.1, 0.15) is 59.1 Å². The lowest BCUT2D eigenvalue weighted by molar-refractivity contribution is -0.131. The Balaban J connectivity index is 1.79. The summed E-state index contributed by atoms with van der Waals surface area (Å²) in [5, 5.41) is 7.96. The highest BCUT2D eigenvalue weighted by Gasteiger charge is 2.39. The van der Waals surface area contributed by atoms with Gasteiger partial charge in [0, 0.05) is 30.4 Å². The van der Waals surface area contributed by atoms with Gasteiger partial charge in [0.05, 0.1) is 11.2 Å². The number of hydrogen-bond donors (Lipinski definition) is 3. The minimum Gasteiger partial charge on any atom is -0.368 e. The van der Waals surface area contributed by atoms with E-state index in [1.165, 1.54) is 34.8 Å². The van der Waals surface area contributed by atoms with Crippen molar-refractivity contribution in [3.63, 3.8) is 0 Å². The van der Waals surface area contributed by atoms with Crippen molar-refractivity contribution in [2.45, 2.75) is 58.2 Å². The molecule has 34 heavy (non-hydrogen) atoms. The summed E-state index contributed by atoms with van der Waals surface area (Å²) in [6.45, 7) is 5.86. The van der Waals surface area contributed by atoms with Gasteiger partial charge >= 0.3 is 0 Å². The topological polar surface area (TPSA) is 160 Å². The summed E-state index contributed by atoms with van der Waals surface area (Å²) in [5.41, 5.74) is 5.91. The van der Waals surface area contributed by atoms with Crippen molar-refractivity contribution >= 4 is 35.0 Å². The molecule has 3 rings (SSSR count). The molecule has 182 valence electrons. The van der Waals surface area contributed by atoms with Gasteiger partial charge in [-0.2, -0.15) is 0 Å². The number of aryl methyl sites for hydroxylation is 1. The minimum atomic E-state index is -0.913. The van der Waals surface area contributed by atoms with E-state index in [1.807, 2.05) is 13.8 Å². The number of amides is 4. The summed E-state index contributed by atoms with van der Waals surface area (Å²) >= 11 is 1.34. The van der Waals surface area contributed by atoms with Gasteiger partial charge in [-0.25, -0.2) is 9.97 Å². The normalized spacial score (nSPS) is 18.9. The predicted molar refractivity (Wildman–Crippen MR) is 125 cm³/mol. The Kier molecular flexibility index (Phi) is 8.26. The zero-order valence-corrected chi connectivity index (χ0v) is 20.2. The molecule has 0 radical (unpaired) electrons. The van der Waals surface area contributed by atoms with Crippen molar-refractivity contribution in [1.82, 2.24) is 30.5 Å². The van der Waals surface area contributed by atoms with Gasteiger partial charge in [-0.05, 0) is 32.1 Å². The number of carbonyl (C=O) groups excluding carboxylic acids is 4. The molecule has 1 aliphatic heterocycles. The summed E-state index contributed by atoms with van der Waals surface area (Å²) in [5.74, 6) is -1.80. The Morgan fingerprint density at radius 1 is 1.24 bits per heavy atom. The summed E-state index contributed by atoms with van der Waals surface area (Å²) in [6, 6.07) is -2.16. The van der Waals surface area contributed by atoms with Crippen molar-refractivity contribution in [3.05, 3.63) is 40.4 Å². The molecule has 0 bridgehead atoms. The van der Waals surface area contributed by atoms with Crippen LogP contribution in [0.4, 0.5) is 0 Å². The maximum absolute atomic E-state index is 13.3. The van der Waals surface area contributed by atoms with E-state index in [2.05, 4.69) is 25.6 Å². The second-order valence-electron chi connectivity index (χ2n) is 8.64. The number of nitrogens with one attached hydrogen (secondary N) is 2. The number of carbonyl (C=O) groups is 4. The lowest BCUT2D eigenvalue weighted by atomic mass is 9.94. The first-order chi connectivity index (χ1) is 16.2. The van der Waals surface area contributed by atoms with Crippen LogP contribution >= 0.6 is 11.3 Å². The first-order valence-electron chi connectivity index (χ1n) is 11.0. The highest BCUT2D eigenvalue weighted by Crippen LogP contribution is 2.22. The van der Waals surface area contributed by atoms with Gasteiger partial charge in [-0.1, -0.05) is 13.8 Å². The van der Waals surface area contributed by atoms with Gasteiger partial charge in [0.1, 0.15) is 23.5 Å². The van der Waals surface area contributed by atoms with Crippen LogP contribution in [-0.4, -0.2) is 68.2 Å². The molecule has 0 spiro atoms. The molecule has 3 atom stereocenters. The van der Waals surface area contributed by atoms with Crippen molar-refractivity contribution in [3.8, 4) is 0 Å². The zero-order valence-electron chi connectivity index (χ0n) is 19.4. The van der Waals surface area contributed by atoms with E-state index in [9.17, 15) is 19.2 Å². The molecule has 1 aliphatic rings. The Morgan fingerprint density at radius 3 is 2.59 bits per heavy atom. The lowest BCUT2D eigenvalue weighted by Gasteiger charge is -2.39. The van der Waals surface area contributed by atoms with Crippen molar-refractivity contribution in [2.75, 3.05) is 6.54 Å². The third kappa shape index (κ3) is 6.34. The maximum Gasteiger partial charge on any atom is 0.274 e. The highest BCUT2D eigenvalue weighted by atomic mass is 32.1. The average molecular weight is 488 g/mol. The summed E-state index contributed by atoms with van der Waals surface area (Å²) < 4.78 is 0. The van der Waals surface area contributed by atoms with E-state index in [4.69, 9.17) is 5.73 Å². The molecule has 1 saturated heterocycles. The summed E-state index contributed by atoms with van der Waals surface area (Å²) in [7, 11) is 0. The Labute approximate surface area is 201 Å². The fraction of sp³-hybridized carbons (Fsp3) is 0.500. The van der Waals surface area contributed by atoms with Crippen LogP contribution < -0.4 is 16.4 Å². The van der Waals surface area contributed by atoms with Gasteiger partial charge in [-0.15, -0.1) is 11.3 Å². The molecule has 2 aromatic heterocycles. The molecule has 12 heteroatoms. The number of hydrogen-bond acceptors (Lipinski definition) is 8. The number of rotatable bonds is 8. The van der Waals surface area contributed by atoms with Crippen LogP contribution in [0.3, 0.4) is 0 Å². The van der Waals surface area contributed by atoms with Gasteiger partial charge in [0.25, 0.3) is 11.8 Å². The van der Waals surface area contributed by atoms with Crippen LogP contribution in [-0.2, 0) is 9.59 Å². The average Bonchev–Trinajstić information content (AvgIpc) is 3.24. The maximum atomic E-state index is 13.3. The number of aromatic nitrogens is 3. The van der Waals surface area contributed by atoms with E-state index >= 15 is 0 Å². The minimum absolute atomic E-state index is 0.124. The van der Waals surface area contributed by atoms with E-state index in [0.717, 1.165) is 5.01 Å². The molecule has 0 aliphatic carbocycles. The number of nitrogens with zero attached hydrogens (tertiary/aromatic N) is 4. The van der Waals surface area contributed by atoms with Gasteiger partial charge in [-0.3, -0.25) is 24.2 Å². The second-order valence-corrected chi connectivity index (χ2v) is 9.71. The van der Waals surface area contributed by atoms with E-state index in [1.54, 1.807) is 12.3 Å². The van der Waals surface area contributed by atoms with Crippen molar-refractivity contribution in [1.29, 1.82) is 0 Å². The monoisotopic (exact) mass is 487 g/mol. The van der Waals surface area contributed by atoms with E-state index in [0.29, 0.717) is 12.8 Å². The van der Waals surface area contributed by atoms with Crippen molar-refractivity contribution in [2.24, 2.45) is 11.7 Å². The Morgan fingerprint density at radius 2 is 2.00 bits per heavy atom. The lowest BCUT2D eigenvalue weighted by Crippen LogP contribution is -2.59. The third-order valence-electron chi connectivity index (χ3n) is 5.50. The molecule has 4 amide bonds. The fourth-order valence-corrected chi connectivity index (χ4v) is 4.44. The van der Waals surface area contributed by atoms with Crippen molar-refractivity contribution < 1.29 is 19.2 Å². The number of piperidine rings is 1. The molecular formula is C22H29N7O4S. The molecule has 4 N–H and O–H groups in total. The second kappa shape index (κ2) is 11.1. The van der Waals surface area contributed by atoms with Crippen LogP contribution in [0.2, 0.25) is 0 Å². The third-order valence-corrected chi connectivity index (χ3v) is 6.28. The molecule has 0 aromatic carbocycles. The molecule has 2 aromatic rings. The first kappa shape index (κ1) is 25.2. The van der Waals surface area contributed by atoms with Gasteiger partial charge < -0.3 is 21.3 Å². The smallest absolute Gasteiger partial charge is 0.274 e. The molecule has 0 saturated carbocycles. The van der Waals surface area contributed by atoms with Crippen LogP contribution in [0.15, 0.2) is 24.0 Å². The SMILES string of the molecule is Cc1nc(C(=O)N2CCC(NC(=O)c3cnccn3)CC2C(=O)NC(CC(C)C)C(N)=O)cs1. The molecule has 1 fully saturated rings. The van der Waals surface area contributed by atoms with Crippen LogP contribution in [0, 0.1) is 12.8 Å². The predicted octanol–water partition coefficient (Wildman–Crippen LogP) is 0.661.